The molecule has 0 aliphatic carbocycles. The third-order valence-electron chi connectivity index (χ3n) is 3.17. The summed E-state index contributed by atoms with van der Waals surface area (Å²) in [5, 5.41) is 3.53. The normalized spacial score (nSPS) is 20.7. The van der Waals surface area contributed by atoms with Crippen LogP contribution in [0.2, 0.25) is 0 Å². The summed E-state index contributed by atoms with van der Waals surface area (Å²) in [5.41, 5.74) is 1.28. The van der Waals surface area contributed by atoms with Gasteiger partial charge >= 0.3 is 0 Å². The fourth-order valence-electron chi connectivity index (χ4n) is 2.12. The second-order valence-electron chi connectivity index (χ2n) is 4.60. The van der Waals surface area contributed by atoms with E-state index in [1.807, 2.05) is 12.1 Å². The van der Waals surface area contributed by atoms with Crippen molar-refractivity contribution in [1.82, 2.24) is 5.32 Å². The zero-order chi connectivity index (χ0) is 11.2. The minimum absolute atomic E-state index is 0.666. The van der Waals surface area contributed by atoms with Crippen LogP contribution in [0.4, 0.5) is 0 Å². The van der Waals surface area contributed by atoms with Gasteiger partial charge in [0.2, 0.25) is 0 Å². The molecular formula is C14H21NO. The molecule has 1 aromatic carbocycles. The SMILES string of the molecule is Cc1ccc(OCC[C@@H]2CCCCN2)cc1. The first-order valence-electron chi connectivity index (χ1n) is 6.27. The maximum absolute atomic E-state index is 5.72. The summed E-state index contributed by atoms with van der Waals surface area (Å²) in [4.78, 5) is 0. The van der Waals surface area contributed by atoms with Gasteiger partial charge < -0.3 is 10.1 Å². The lowest BCUT2D eigenvalue weighted by atomic mass is 10.0. The molecule has 1 atom stereocenters. The molecule has 1 aliphatic heterocycles. The van der Waals surface area contributed by atoms with Crippen molar-refractivity contribution < 1.29 is 4.74 Å². The number of hydrogen-bond acceptors (Lipinski definition) is 2. The van der Waals surface area contributed by atoms with Gasteiger partial charge in [-0.15, -0.1) is 0 Å². The van der Waals surface area contributed by atoms with Crippen molar-refractivity contribution in [3.8, 4) is 5.75 Å². The average molecular weight is 219 g/mol. The molecule has 0 amide bonds. The first kappa shape index (κ1) is 11.5. The molecule has 2 rings (SSSR count). The molecule has 1 N–H and O–H groups in total. The first-order chi connectivity index (χ1) is 7.84. The van der Waals surface area contributed by atoms with Crippen LogP contribution in [0.25, 0.3) is 0 Å². The fraction of sp³-hybridized carbons (Fsp3) is 0.571. The van der Waals surface area contributed by atoms with Crippen molar-refractivity contribution in [3.05, 3.63) is 29.8 Å². The number of benzene rings is 1. The molecule has 0 radical (unpaired) electrons. The lowest BCUT2D eigenvalue weighted by Gasteiger charge is -2.23. The predicted octanol–water partition coefficient (Wildman–Crippen LogP) is 2.91. The fourth-order valence-corrected chi connectivity index (χ4v) is 2.12. The van der Waals surface area contributed by atoms with Gasteiger partial charge in [-0.05, 0) is 44.9 Å². The quantitative estimate of drug-likeness (QED) is 0.840. The summed E-state index contributed by atoms with van der Waals surface area (Å²) >= 11 is 0. The molecule has 1 heterocycles. The molecule has 2 nitrogen and oxygen atoms in total. The molecule has 0 bridgehead atoms. The number of aryl methyl sites for hydroxylation is 1. The molecule has 1 aliphatic rings. The zero-order valence-corrected chi connectivity index (χ0v) is 10.0. The summed E-state index contributed by atoms with van der Waals surface area (Å²) < 4.78 is 5.72. The maximum Gasteiger partial charge on any atom is 0.119 e. The van der Waals surface area contributed by atoms with Crippen molar-refractivity contribution in [2.75, 3.05) is 13.2 Å². The average Bonchev–Trinajstić information content (AvgIpc) is 2.33. The van der Waals surface area contributed by atoms with Crippen LogP contribution >= 0.6 is 0 Å². The van der Waals surface area contributed by atoms with Gasteiger partial charge in [-0.25, -0.2) is 0 Å². The molecule has 1 aromatic rings. The summed E-state index contributed by atoms with van der Waals surface area (Å²) in [6.07, 6.45) is 5.11. The standard InChI is InChI=1S/C14H21NO/c1-12-5-7-14(8-6-12)16-11-9-13-4-2-3-10-15-13/h5-8,13,15H,2-4,9-11H2,1H3/t13-/m0/s1. The van der Waals surface area contributed by atoms with Gasteiger partial charge in [-0.3, -0.25) is 0 Å². The highest BCUT2D eigenvalue weighted by molar-refractivity contribution is 5.26. The van der Waals surface area contributed by atoms with Crippen LogP contribution < -0.4 is 10.1 Å². The highest BCUT2D eigenvalue weighted by Crippen LogP contribution is 2.14. The van der Waals surface area contributed by atoms with Crippen LogP contribution in [0, 0.1) is 6.92 Å². The highest BCUT2D eigenvalue weighted by atomic mass is 16.5. The van der Waals surface area contributed by atoms with E-state index in [4.69, 9.17) is 4.74 Å². The first-order valence-corrected chi connectivity index (χ1v) is 6.27. The molecule has 1 saturated heterocycles. The monoisotopic (exact) mass is 219 g/mol. The Hall–Kier alpha value is -1.02. The third-order valence-corrected chi connectivity index (χ3v) is 3.17. The van der Waals surface area contributed by atoms with E-state index >= 15 is 0 Å². The van der Waals surface area contributed by atoms with Crippen molar-refractivity contribution in [3.63, 3.8) is 0 Å². The van der Waals surface area contributed by atoms with Gasteiger partial charge in [-0.1, -0.05) is 24.1 Å². The van der Waals surface area contributed by atoms with Crippen LogP contribution in [0.15, 0.2) is 24.3 Å². The minimum atomic E-state index is 0.666. The van der Waals surface area contributed by atoms with E-state index < -0.39 is 0 Å². The Labute approximate surface area is 98.0 Å². The topological polar surface area (TPSA) is 21.3 Å². The van der Waals surface area contributed by atoms with Gasteiger partial charge in [0.05, 0.1) is 6.61 Å². The van der Waals surface area contributed by atoms with Crippen LogP contribution in [-0.4, -0.2) is 19.2 Å². The maximum atomic E-state index is 5.72. The molecule has 0 aromatic heterocycles. The molecule has 1 fully saturated rings. The molecule has 0 spiro atoms. The van der Waals surface area contributed by atoms with E-state index in [1.165, 1.54) is 31.4 Å². The summed E-state index contributed by atoms with van der Waals surface area (Å²) in [7, 11) is 0. The van der Waals surface area contributed by atoms with Crippen LogP contribution in [-0.2, 0) is 0 Å². The van der Waals surface area contributed by atoms with Crippen LogP contribution in [0.1, 0.15) is 31.2 Å². The van der Waals surface area contributed by atoms with Gasteiger partial charge in [0, 0.05) is 6.04 Å². The predicted molar refractivity (Wildman–Crippen MR) is 66.9 cm³/mol. The van der Waals surface area contributed by atoms with E-state index in [0.29, 0.717) is 6.04 Å². The molecule has 16 heavy (non-hydrogen) atoms. The summed E-state index contributed by atoms with van der Waals surface area (Å²) in [5.74, 6) is 0.987. The van der Waals surface area contributed by atoms with Crippen molar-refractivity contribution in [2.45, 2.75) is 38.6 Å². The Bertz CT molecular complexity index is 301. The molecular weight excluding hydrogens is 198 g/mol. The van der Waals surface area contributed by atoms with E-state index in [9.17, 15) is 0 Å². The van der Waals surface area contributed by atoms with Crippen LogP contribution in [0.5, 0.6) is 5.75 Å². The smallest absolute Gasteiger partial charge is 0.119 e. The van der Waals surface area contributed by atoms with Gasteiger partial charge in [0.1, 0.15) is 5.75 Å². The number of hydrogen-bond donors (Lipinski definition) is 1. The molecule has 88 valence electrons. The second kappa shape index (κ2) is 5.90. The number of nitrogens with one attached hydrogen (secondary N) is 1. The second-order valence-corrected chi connectivity index (χ2v) is 4.60. The summed E-state index contributed by atoms with van der Waals surface area (Å²) in [6, 6.07) is 8.94. The number of piperidine rings is 1. The Morgan fingerprint density at radius 1 is 1.25 bits per heavy atom. The van der Waals surface area contributed by atoms with Crippen molar-refractivity contribution in [1.29, 1.82) is 0 Å². The number of ether oxygens (including phenoxy) is 1. The minimum Gasteiger partial charge on any atom is -0.494 e. The van der Waals surface area contributed by atoms with E-state index in [1.54, 1.807) is 0 Å². The Balaban J connectivity index is 1.69. The Kier molecular flexibility index (Phi) is 4.23. The van der Waals surface area contributed by atoms with Gasteiger partial charge in [0.25, 0.3) is 0 Å². The molecule has 2 heteroatoms. The van der Waals surface area contributed by atoms with Crippen LogP contribution in [0.3, 0.4) is 0 Å². The van der Waals surface area contributed by atoms with Gasteiger partial charge in [0.15, 0.2) is 0 Å². The van der Waals surface area contributed by atoms with E-state index in [-0.39, 0.29) is 0 Å². The highest BCUT2D eigenvalue weighted by Gasteiger charge is 2.11. The third kappa shape index (κ3) is 3.53. The Morgan fingerprint density at radius 3 is 2.75 bits per heavy atom. The lowest BCUT2D eigenvalue weighted by Crippen LogP contribution is -2.35. The van der Waals surface area contributed by atoms with Gasteiger partial charge in [-0.2, -0.15) is 0 Å². The number of rotatable bonds is 4. The zero-order valence-electron chi connectivity index (χ0n) is 10.0. The molecule has 0 saturated carbocycles. The van der Waals surface area contributed by atoms with E-state index in [2.05, 4.69) is 24.4 Å². The summed E-state index contributed by atoms with van der Waals surface area (Å²) in [6.45, 7) is 4.09. The van der Waals surface area contributed by atoms with Crippen molar-refractivity contribution >= 4 is 0 Å². The van der Waals surface area contributed by atoms with Crippen molar-refractivity contribution in [2.24, 2.45) is 0 Å². The largest absolute Gasteiger partial charge is 0.494 e. The molecule has 0 unspecified atom stereocenters. The Morgan fingerprint density at radius 2 is 2.06 bits per heavy atom. The lowest BCUT2D eigenvalue weighted by molar-refractivity contribution is 0.268. The van der Waals surface area contributed by atoms with E-state index in [0.717, 1.165) is 18.8 Å².